The summed E-state index contributed by atoms with van der Waals surface area (Å²) in [7, 11) is 1.98. The Kier molecular flexibility index (Phi) is 1.75. The van der Waals surface area contributed by atoms with Gasteiger partial charge in [-0.15, -0.1) is 0 Å². The molecule has 0 amide bonds. The maximum atomic E-state index is 12.8. The highest BCUT2D eigenvalue weighted by Crippen LogP contribution is 2.23. The first-order chi connectivity index (χ1) is 4.13. The van der Waals surface area contributed by atoms with Crippen LogP contribution in [0.15, 0.2) is 0 Å². The third kappa shape index (κ3) is 1.08. The Bertz CT molecular complexity index is 93.1. The van der Waals surface area contributed by atoms with Gasteiger partial charge in [0.15, 0.2) is 0 Å². The minimum absolute atomic E-state index is 0.125. The Morgan fingerprint density at radius 1 is 1.44 bits per heavy atom. The molecule has 0 spiro atoms. The van der Waals surface area contributed by atoms with Crippen molar-refractivity contribution in [2.45, 2.75) is 38.5 Å². The summed E-state index contributed by atoms with van der Waals surface area (Å²) < 4.78 is 12.8. The van der Waals surface area contributed by atoms with Crippen LogP contribution in [0.5, 0.6) is 0 Å². The van der Waals surface area contributed by atoms with E-state index in [-0.39, 0.29) is 6.04 Å². The molecule has 3 atom stereocenters. The normalized spacial score (nSPS) is 46.0. The van der Waals surface area contributed by atoms with E-state index in [0.717, 1.165) is 0 Å². The van der Waals surface area contributed by atoms with Crippen molar-refractivity contribution < 1.29 is 4.39 Å². The zero-order valence-electron chi connectivity index (χ0n) is 6.26. The van der Waals surface area contributed by atoms with Gasteiger partial charge in [-0.05, 0) is 27.3 Å². The minimum atomic E-state index is -0.606. The maximum Gasteiger partial charge on any atom is 0.117 e. The van der Waals surface area contributed by atoms with Crippen molar-refractivity contribution in [3.63, 3.8) is 0 Å². The lowest BCUT2D eigenvalue weighted by atomic mass is 10.2. The van der Waals surface area contributed by atoms with Crippen LogP contribution >= 0.6 is 0 Å². The van der Waals surface area contributed by atoms with Crippen molar-refractivity contribution in [1.29, 1.82) is 0 Å². The van der Waals surface area contributed by atoms with E-state index in [0.29, 0.717) is 12.5 Å². The predicted molar refractivity (Wildman–Crippen MR) is 36.2 cm³/mol. The molecule has 54 valence electrons. The van der Waals surface area contributed by atoms with Crippen LogP contribution in [0.25, 0.3) is 0 Å². The number of halogens is 1. The fourth-order valence-corrected chi connectivity index (χ4v) is 1.35. The lowest BCUT2D eigenvalue weighted by Crippen LogP contribution is -2.30. The Hall–Kier alpha value is -0.110. The highest BCUT2D eigenvalue weighted by Gasteiger charge is 2.32. The highest BCUT2D eigenvalue weighted by molar-refractivity contribution is 4.87. The smallest absolute Gasteiger partial charge is 0.117 e. The summed E-state index contributed by atoms with van der Waals surface area (Å²) in [6.07, 6.45) is 0.0995. The predicted octanol–water partition coefficient (Wildman–Crippen LogP) is 1.44. The first kappa shape index (κ1) is 7.00. The summed E-state index contributed by atoms with van der Waals surface area (Å²) in [5.74, 6) is 0. The van der Waals surface area contributed by atoms with Gasteiger partial charge in [-0.1, -0.05) is 0 Å². The lowest BCUT2D eigenvalue weighted by molar-refractivity contribution is 0.220. The molecule has 9 heavy (non-hydrogen) atoms. The average molecular weight is 131 g/mol. The van der Waals surface area contributed by atoms with Gasteiger partial charge in [0, 0.05) is 12.1 Å². The Morgan fingerprint density at radius 3 is 2.11 bits per heavy atom. The molecular weight excluding hydrogens is 117 g/mol. The van der Waals surface area contributed by atoms with Crippen LogP contribution in [0.3, 0.4) is 0 Å². The van der Waals surface area contributed by atoms with Gasteiger partial charge in [-0.3, -0.25) is 4.90 Å². The molecule has 0 unspecified atom stereocenters. The second-order valence-corrected chi connectivity index (χ2v) is 3.01. The van der Waals surface area contributed by atoms with Gasteiger partial charge in [-0.2, -0.15) is 0 Å². The fraction of sp³-hybridized carbons (Fsp3) is 1.00. The van der Waals surface area contributed by atoms with E-state index in [9.17, 15) is 4.39 Å². The topological polar surface area (TPSA) is 3.24 Å². The summed E-state index contributed by atoms with van der Waals surface area (Å²) in [6.45, 7) is 4.00. The minimum Gasteiger partial charge on any atom is -0.298 e. The van der Waals surface area contributed by atoms with Gasteiger partial charge in [0.25, 0.3) is 0 Å². The highest BCUT2D eigenvalue weighted by atomic mass is 19.1. The Labute approximate surface area is 55.8 Å². The summed E-state index contributed by atoms with van der Waals surface area (Å²) in [5, 5.41) is 0. The van der Waals surface area contributed by atoms with Crippen LogP contribution < -0.4 is 0 Å². The lowest BCUT2D eigenvalue weighted by Gasteiger charge is -2.19. The number of hydrogen-bond donors (Lipinski definition) is 0. The van der Waals surface area contributed by atoms with Crippen molar-refractivity contribution in [3.05, 3.63) is 0 Å². The average Bonchev–Trinajstić information content (AvgIpc) is 1.98. The quantitative estimate of drug-likeness (QED) is 0.481. The number of alkyl halides is 1. The standard InChI is InChI=1S/C7H14FN/c1-5-4-7(8)6(2)9(5)3/h5-7H,4H2,1-3H3/t5-,6+,7-/m1/s1. The number of nitrogens with zero attached hydrogens (tertiary/aromatic N) is 1. The number of hydrogen-bond acceptors (Lipinski definition) is 1. The summed E-state index contributed by atoms with van der Waals surface area (Å²) >= 11 is 0. The van der Waals surface area contributed by atoms with Crippen LogP contribution in [0.2, 0.25) is 0 Å². The van der Waals surface area contributed by atoms with Crippen molar-refractivity contribution in [3.8, 4) is 0 Å². The molecule has 0 aromatic rings. The molecule has 0 aromatic heterocycles. The molecule has 0 aliphatic carbocycles. The Morgan fingerprint density at radius 2 is 2.00 bits per heavy atom. The first-order valence-corrected chi connectivity index (χ1v) is 3.49. The van der Waals surface area contributed by atoms with E-state index in [2.05, 4.69) is 11.8 Å². The molecule has 0 N–H and O–H groups in total. The van der Waals surface area contributed by atoms with E-state index in [1.165, 1.54) is 0 Å². The van der Waals surface area contributed by atoms with E-state index in [1.807, 2.05) is 14.0 Å². The molecule has 1 nitrogen and oxygen atoms in total. The van der Waals surface area contributed by atoms with E-state index < -0.39 is 6.17 Å². The number of likely N-dealkylation sites (tertiary alicyclic amines) is 1. The molecule has 1 aliphatic heterocycles. The molecule has 0 bridgehead atoms. The molecule has 1 heterocycles. The molecule has 1 saturated heterocycles. The van der Waals surface area contributed by atoms with Gasteiger partial charge in [0.05, 0.1) is 0 Å². The molecule has 1 fully saturated rings. The SMILES string of the molecule is C[C@@H]1C[C@@H](F)[C@H](C)N1C. The first-order valence-electron chi connectivity index (χ1n) is 3.49. The van der Waals surface area contributed by atoms with Gasteiger partial charge >= 0.3 is 0 Å². The molecule has 0 aromatic carbocycles. The Balaban J connectivity index is 2.54. The fourth-order valence-electron chi connectivity index (χ4n) is 1.35. The van der Waals surface area contributed by atoms with E-state index in [1.54, 1.807) is 0 Å². The van der Waals surface area contributed by atoms with Crippen molar-refractivity contribution in [2.24, 2.45) is 0 Å². The second-order valence-electron chi connectivity index (χ2n) is 3.01. The molecule has 1 aliphatic rings. The molecule has 0 radical (unpaired) electrons. The van der Waals surface area contributed by atoms with E-state index >= 15 is 0 Å². The van der Waals surface area contributed by atoms with Crippen molar-refractivity contribution in [1.82, 2.24) is 4.90 Å². The van der Waals surface area contributed by atoms with Crippen molar-refractivity contribution in [2.75, 3.05) is 7.05 Å². The molecule has 0 saturated carbocycles. The third-order valence-corrected chi connectivity index (χ3v) is 2.43. The largest absolute Gasteiger partial charge is 0.298 e. The van der Waals surface area contributed by atoms with Crippen molar-refractivity contribution >= 4 is 0 Å². The van der Waals surface area contributed by atoms with Crippen LogP contribution in [0, 0.1) is 0 Å². The second kappa shape index (κ2) is 2.25. The zero-order chi connectivity index (χ0) is 7.02. The summed E-state index contributed by atoms with van der Waals surface area (Å²) in [5.41, 5.74) is 0. The van der Waals surface area contributed by atoms with Crippen LogP contribution in [-0.2, 0) is 0 Å². The van der Waals surface area contributed by atoms with Crippen LogP contribution in [0.1, 0.15) is 20.3 Å². The summed E-state index contributed by atoms with van der Waals surface area (Å²) in [4.78, 5) is 2.09. The van der Waals surface area contributed by atoms with Gasteiger partial charge in [0.1, 0.15) is 6.17 Å². The summed E-state index contributed by atoms with van der Waals surface area (Å²) in [6, 6.07) is 0.551. The van der Waals surface area contributed by atoms with Crippen LogP contribution in [0.4, 0.5) is 4.39 Å². The van der Waals surface area contributed by atoms with E-state index in [4.69, 9.17) is 0 Å². The maximum absolute atomic E-state index is 12.8. The van der Waals surface area contributed by atoms with Gasteiger partial charge in [0.2, 0.25) is 0 Å². The number of rotatable bonds is 0. The molecule has 1 rings (SSSR count). The monoisotopic (exact) mass is 131 g/mol. The zero-order valence-corrected chi connectivity index (χ0v) is 6.26. The third-order valence-electron chi connectivity index (χ3n) is 2.43. The van der Waals surface area contributed by atoms with Gasteiger partial charge < -0.3 is 0 Å². The molecule has 2 heteroatoms. The van der Waals surface area contributed by atoms with Crippen LogP contribution in [-0.4, -0.2) is 30.2 Å². The van der Waals surface area contributed by atoms with Gasteiger partial charge in [-0.25, -0.2) is 4.39 Å². The molecular formula is C7H14FN.